The van der Waals surface area contributed by atoms with Crippen molar-refractivity contribution in [1.29, 1.82) is 0 Å². The summed E-state index contributed by atoms with van der Waals surface area (Å²) in [5.41, 5.74) is 1.98. The smallest absolute Gasteiger partial charge is 0.258 e. The number of nitrogens with one attached hydrogen (secondary N) is 2. The number of rotatable bonds is 12. The predicted molar refractivity (Wildman–Crippen MR) is 171 cm³/mol. The van der Waals surface area contributed by atoms with Crippen molar-refractivity contribution in [3.63, 3.8) is 0 Å². The zero-order valence-electron chi connectivity index (χ0n) is 24.4. The maximum Gasteiger partial charge on any atom is 0.258 e. The Labute approximate surface area is 258 Å². The summed E-state index contributed by atoms with van der Waals surface area (Å²) in [5, 5.41) is 7.71. The lowest BCUT2D eigenvalue weighted by molar-refractivity contribution is -0.123. The van der Waals surface area contributed by atoms with Crippen molar-refractivity contribution in [1.82, 2.24) is 10.6 Å². The van der Waals surface area contributed by atoms with Gasteiger partial charge in [0.1, 0.15) is 11.6 Å². The number of hydrogen-bond acceptors (Lipinski definition) is 5. The van der Waals surface area contributed by atoms with Gasteiger partial charge in [0.05, 0.1) is 31.1 Å². The highest BCUT2D eigenvalue weighted by atomic mass is 79.9. The van der Waals surface area contributed by atoms with Crippen molar-refractivity contribution in [2.75, 3.05) is 30.5 Å². The molecule has 4 aromatic carbocycles. The normalized spacial score (nSPS) is 12.3. The molecule has 224 valence electrons. The third-order valence-corrected chi connectivity index (χ3v) is 7.93. The van der Waals surface area contributed by atoms with Gasteiger partial charge in [0.2, 0.25) is 12.3 Å². The van der Waals surface area contributed by atoms with Crippen LogP contribution in [0.25, 0.3) is 10.8 Å². The van der Waals surface area contributed by atoms with E-state index in [0.717, 1.165) is 27.2 Å². The molecule has 3 amide bonds. The Morgan fingerprint density at radius 3 is 2.30 bits per heavy atom. The topological polar surface area (TPSA) is 91.0 Å². The maximum absolute atomic E-state index is 13.9. The van der Waals surface area contributed by atoms with Crippen molar-refractivity contribution < 1.29 is 23.5 Å². The van der Waals surface area contributed by atoms with E-state index in [1.807, 2.05) is 30.3 Å². The maximum atomic E-state index is 13.9. The Balaban J connectivity index is 1.78. The van der Waals surface area contributed by atoms with Crippen molar-refractivity contribution in [3.8, 4) is 5.75 Å². The number of halogens is 2. The summed E-state index contributed by atoms with van der Waals surface area (Å²) >= 11 is 3.61. The Morgan fingerprint density at radius 1 is 0.953 bits per heavy atom. The van der Waals surface area contributed by atoms with Gasteiger partial charge in [-0.1, -0.05) is 40.2 Å². The summed E-state index contributed by atoms with van der Waals surface area (Å²) in [6.07, 6.45) is 0.718. The van der Waals surface area contributed by atoms with Crippen LogP contribution in [0.4, 0.5) is 15.8 Å². The first kappa shape index (κ1) is 31.7. The minimum absolute atomic E-state index is 0.0899. The molecule has 43 heavy (non-hydrogen) atoms. The summed E-state index contributed by atoms with van der Waals surface area (Å²) < 4.78 is 20.3. The van der Waals surface area contributed by atoms with Gasteiger partial charge in [-0.3, -0.25) is 14.4 Å². The van der Waals surface area contributed by atoms with Gasteiger partial charge in [-0.05, 0) is 86.3 Å². The summed E-state index contributed by atoms with van der Waals surface area (Å²) in [7, 11) is 3.27. The number of anilines is 2. The fourth-order valence-corrected chi connectivity index (χ4v) is 5.36. The first-order chi connectivity index (χ1) is 20.7. The quantitative estimate of drug-likeness (QED) is 0.193. The van der Waals surface area contributed by atoms with Crippen LogP contribution < -0.4 is 25.2 Å². The van der Waals surface area contributed by atoms with Gasteiger partial charge in [-0.2, -0.15) is 0 Å². The van der Waals surface area contributed by atoms with Gasteiger partial charge in [0.15, 0.2) is 0 Å². The fraction of sp³-hybridized carbons (Fsp3) is 0.242. The molecule has 4 aromatic rings. The molecule has 2 atom stereocenters. The third kappa shape index (κ3) is 7.21. The van der Waals surface area contributed by atoms with Crippen LogP contribution in [0.2, 0.25) is 0 Å². The highest BCUT2D eigenvalue weighted by Gasteiger charge is 2.26. The molecule has 0 aliphatic carbocycles. The van der Waals surface area contributed by atoms with E-state index in [1.165, 1.54) is 34.1 Å². The van der Waals surface area contributed by atoms with E-state index in [2.05, 4.69) is 26.6 Å². The van der Waals surface area contributed by atoms with Crippen molar-refractivity contribution in [2.45, 2.75) is 32.5 Å². The SMILES string of the molecule is CN[C@@H](C)C(=O)NC(C)CN(C(=O)c1ccc(F)cc1)c1ccccc1N(C=O)Cc1c(OC)ccc2c(Br)cccc12. The molecular formula is C33H34BrFN4O4. The molecule has 0 radical (unpaired) electrons. The zero-order chi connectivity index (χ0) is 31.1. The van der Waals surface area contributed by atoms with E-state index < -0.39 is 23.8 Å². The van der Waals surface area contributed by atoms with Crippen LogP contribution >= 0.6 is 15.9 Å². The van der Waals surface area contributed by atoms with Crippen LogP contribution in [0.3, 0.4) is 0 Å². The molecule has 0 aliphatic rings. The van der Waals surface area contributed by atoms with Gasteiger partial charge in [-0.15, -0.1) is 0 Å². The number of nitrogens with zero attached hydrogens (tertiary/aromatic N) is 2. The number of para-hydroxylation sites is 2. The monoisotopic (exact) mass is 648 g/mol. The second-order valence-electron chi connectivity index (χ2n) is 10.1. The van der Waals surface area contributed by atoms with Crippen molar-refractivity contribution >= 4 is 56.3 Å². The molecule has 0 aromatic heterocycles. The number of hydrogen-bond donors (Lipinski definition) is 2. The van der Waals surface area contributed by atoms with Gasteiger partial charge in [0.25, 0.3) is 5.91 Å². The summed E-state index contributed by atoms with van der Waals surface area (Å²) in [4.78, 5) is 42.3. The Hall–Kier alpha value is -4.28. The molecule has 0 bridgehead atoms. The van der Waals surface area contributed by atoms with E-state index in [1.54, 1.807) is 52.3 Å². The van der Waals surface area contributed by atoms with Gasteiger partial charge < -0.3 is 25.2 Å². The van der Waals surface area contributed by atoms with Crippen molar-refractivity contribution in [3.05, 3.63) is 100 Å². The first-order valence-electron chi connectivity index (χ1n) is 13.8. The molecule has 0 fully saturated rings. The summed E-state index contributed by atoms with van der Waals surface area (Å²) in [5.74, 6) is -0.480. The first-order valence-corrected chi connectivity index (χ1v) is 14.6. The molecular weight excluding hydrogens is 615 g/mol. The Morgan fingerprint density at radius 2 is 1.65 bits per heavy atom. The second-order valence-corrected chi connectivity index (χ2v) is 11.0. The highest BCUT2D eigenvalue weighted by Crippen LogP contribution is 2.36. The van der Waals surface area contributed by atoms with Crippen LogP contribution in [0, 0.1) is 5.82 Å². The predicted octanol–water partition coefficient (Wildman–Crippen LogP) is 5.67. The van der Waals surface area contributed by atoms with E-state index in [9.17, 15) is 18.8 Å². The highest BCUT2D eigenvalue weighted by molar-refractivity contribution is 9.10. The number of amides is 3. The second kappa shape index (κ2) is 14.3. The molecule has 2 N–H and O–H groups in total. The third-order valence-electron chi connectivity index (χ3n) is 7.24. The average molecular weight is 650 g/mol. The van der Waals surface area contributed by atoms with Crippen LogP contribution in [0.5, 0.6) is 5.75 Å². The fourth-order valence-electron chi connectivity index (χ4n) is 4.86. The van der Waals surface area contributed by atoms with E-state index >= 15 is 0 Å². The number of fused-ring (bicyclic) bond motifs is 1. The Kier molecular flexibility index (Phi) is 10.5. The standard InChI is InChI=1S/C33H34BrFN4O4/c1-21(37-32(41)22(2)36-3)18-39(33(42)23-12-14-24(35)15-13-23)30-11-6-5-10-29(30)38(20-40)19-27-25-8-7-9-28(34)26(25)16-17-31(27)43-4/h5-17,20-22,36H,18-19H2,1-4H3,(H,37,41)/t21?,22-/m0/s1. The number of benzene rings is 4. The van der Waals surface area contributed by atoms with Crippen LogP contribution in [-0.4, -0.2) is 51.0 Å². The van der Waals surface area contributed by atoms with Crippen LogP contribution in [-0.2, 0) is 16.1 Å². The van der Waals surface area contributed by atoms with Gasteiger partial charge in [-0.25, -0.2) is 4.39 Å². The molecule has 10 heteroatoms. The van der Waals surface area contributed by atoms with Gasteiger partial charge in [0, 0.05) is 28.2 Å². The largest absolute Gasteiger partial charge is 0.496 e. The Bertz CT molecular complexity index is 1610. The van der Waals surface area contributed by atoms with Gasteiger partial charge >= 0.3 is 0 Å². The molecule has 0 aliphatic heterocycles. The summed E-state index contributed by atoms with van der Waals surface area (Å²) in [6.45, 7) is 3.78. The molecule has 0 heterocycles. The number of carbonyl (C=O) groups is 3. The zero-order valence-corrected chi connectivity index (χ0v) is 26.0. The number of methoxy groups -OCH3 is 1. The average Bonchev–Trinajstić information content (AvgIpc) is 3.02. The van der Waals surface area contributed by atoms with Crippen LogP contribution in [0.15, 0.2) is 83.3 Å². The lowest BCUT2D eigenvalue weighted by Gasteiger charge is -2.31. The van der Waals surface area contributed by atoms with E-state index in [-0.39, 0.29) is 24.6 Å². The van der Waals surface area contributed by atoms with Crippen molar-refractivity contribution in [2.24, 2.45) is 0 Å². The molecule has 8 nitrogen and oxygen atoms in total. The minimum atomic E-state index is -0.465. The lowest BCUT2D eigenvalue weighted by atomic mass is 10.0. The molecule has 1 unspecified atom stereocenters. The number of carbonyl (C=O) groups excluding carboxylic acids is 3. The lowest BCUT2D eigenvalue weighted by Crippen LogP contribution is -2.49. The summed E-state index contributed by atoms with van der Waals surface area (Å²) in [6, 6.07) is 21.1. The molecule has 0 saturated carbocycles. The molecule has 0 spiro atoms. The van der Waals surface area contributed by atoms with Crippen LogP contribution in [0.1, 0.15) is 29.8 Å². The van der Waals surface area contributed by atoms with E-state index in [4.69, 9.17) is 4.74 Å². The number of likely N-dealkylation sites (N-methyl/N-ethyl adjacent to an activating group) is 1. The minimum Gasteiger partial charge on any atom is -0.496 e. The number of ether oxygens (including phenoxy) is 1. The molecule has 4 rings (SSSR count). The van der Waals surface area contributed by atoms with E-state index in [0.29, 0.717) is 17.1 Å². The molecule has 0 saturated heterocycles.